The van der Waals surface area contributed by atoms with Crippen LogP contribution < -0.4 is 5.32 Å². The minimum absolute atomic E-state index is 0.0946. The Morgan fingerprint density at radius 1 is 1.23 bits per heavy atom. The minimum atomic E-state index is -0.510. The molecule has 0 aromatic heterocycles. The van der Waals surface area contributed by atoms with Crippen LogP contribution in [0.15, 0.2) is 48.5 Å². The van der Waals surface area contributed by atoms with Crippen molar-refractivity contribution in [2.24, 2.45) is 0 Å². The van der Waals surface area contributed by atoms with Gasteiger partial charge in [0, 0.05) is 23.4 Å². The van der Waals surface area contributed by atoms with Gasteiger partial charge in [-0.25, -0.2) is 0 Å². The zero-order chi connectivity index (χ0) is 16.1. The smallest absolute Gasteiger partial charge is 0.270 e. The van der Waals surface area contributed by atoms with E-state index in [2.05, 4.69) is 19.2 Å². The Morgan fingerprint density at radius 3 is 2.64 bits per heavy atom. The van der Waals surface area contributed by atoms with Gasteiger partial charge >= 0.3 is 0 Å². The van der Waals surface area contributed by atoms with Crippen molar-refractivity contribution < 1.29 is 9.72 Å². The number of hydrogen-bond donors (Lipinski definition) is 1. The summed E-state index contributed by atoms with van der Waals surface area (Å²) in [5.41, 5.74) is 1.98. The number of benzene rings is 2. The predicted octanol–water partition coefficient (Wildman–Crippen LogP) is 4.36. The van der Waals surface area contributed by atoms with E-state index in [1.807, 2.05) is 24.3 Å². The Bertz CT molecular complexity index is 698. The molecule has 0 aliphatic rings. The van der Waals surface area contributed by atoms with E-state index < -0.39 is 4.92 Å². The third-order valence-electron chi connectivity index (χ3n) is 3.67. The molecule has 114 valence electrons. The average Bonchev–Trinajstić information content (AvgIpc) is 2.54. The second-order valence-corrected chi connectivity index (χ2v) is 5.16. The molecule has 0 bridgehead atoms. The third kappa shape index (κ3) is 3.49. The molecule has 0 saturated heterocycles. The number of carbonyl (C=O) groups excluding carboxylic acids is 1. The van der Waals surface area contributed by atoms with Gasteiger partial charge in [0.15, 0.2) is 0 Å². The van der Waals surface area contributed by atoms with Crippen molar-refractivity contribution in [2.45, 2.75) is 26.2 Å². The molecular weight excluding hydrogens is 280 g/mol. The number of nitrogens with zero attached hydrogens (tertiary/aromatic N) is 1. The highest BCUT2D eigenvalue weighted by Crippen LogP contribution is 2.27. The molecule has 0 radical (unpaired) electrons. The first-order valence-electron chi connectivity index (χ1n) is 7.17. The highest BCUT2D eigenvalue weighted by Gasteiger charge is 2.14. The van der Waals surface area contributed by atoms with Crippen molar-refractivity contribution in [1.29, 1.82) is 0 Å². The first kappa shape index (κ1) is 15.7. The van der Waals surface area contributed by atoms with Crippen molar-refractivity contribution in [2.75, 3.05) is 5.32 Å². The fourth-order valence-electron chi connectivity index (χ4n) is 2.22. The Hall–Kier alpha value is -2.69. The molecule has 0 saturated carbocycles. The molecule has 2 aromatic carbocycles. The minimum Gasteiger partial charge on any atom is -0.322 e. The number of carbonyl (C=O) groups is 1. The van der Waals surface area contributed by atoms with E-state index in [9.17, 15) is 14.9 Å². The molecule has 5 heteroatoms. The maximum absolute atomic E-state index is 12.3. The SMILES string of the molecule is CC[C@H](C)c1ccccc1NC(=O)c1cccc([N+](=O)[O-])c1. The molecule has 1 N–H and O–H groups in total. The van der Waals surface area contributed by atoms with Crippen LogP contribution >= 0.6 is 0 Å². The summed E-state index contributed by atoms with van der Waals surface area (Å²) in [6.45, 7) is 4.18. The van der Waals surface area contributed by atoms with Crippen molar-refractivity contribution in [3.8, 4) is 0 Å². The van der Waals surface area contributed by atoms with E-state index in [0.29, 0.717) is 5.92 Å². The molecule has 0 spiro atoms. The van der Waals surface area contributed by atoms with Gasteiger partial charge in [0.05, 0.1) is 4.92 Å². The predicted molar refractivity (Wildman–Crippen MR) is 86.2 cm³/mol. The molecular formula is C17H18N2O3. The summed E-state index contributed by atoms with van der Waals surface area (Å²) in [4.78, 5) is 22.6. The Labute approximate surface area is 129 Å². The van der Waals surface area contributed by atoms with Crippen LogP contribution in [0.4, 0.5) is 11.4 Å². The van der Waals surface area contributed by atoms with E-state index in [1.54, 1.807) is 6.07 Å². The van der Waals surface area contributed by atoms with E-state index in [1.165, 1.54) is 18.2 Å². The molecule has 0 aliphatic heterocycles. The Balaban J connectivity index is 2.26. The van der Waals surface area contributed by atoms with Crippen LogP contribution in [0.3, 0.4) is 0 Å². The summed E-state index contributed by atoms with van der Waals surface area (Å²) in [5.74, 6) is -0.0268. The second-order valence-electron chi connectivity index (χ2n) is 5.16. The number of rotatable bonds is 5. The van der Waals surface area contributed by atoms with E-state index >= 15 is 0 Å². The summed E-state index contributed by atoms with van der Waals surface area (Å²) in [7, 11) is 0. The Morgan fingerprint density at radius 2 is 1.95 bits per heavy atom. The zero-order valence-electron chi connectivity index (χ0n) is 12.6. The van der Waals surface area contributed by atoms with E-state index in [0.717, 1.165) is 17.7 Å². The molecule has 0 heterocycles. The number of amides is 1. The monoisotopic (exact) mass is 298 g/mol. The largest absolute Gasteiger partial charge is 0.322 e. The molecule has 0 unspecified atom stereocenters. The number of non-ortho nitro benzene ring substituents is 1. The summed E-state index contributed by atoms with van der Waals surface area (Å²) in [5, 5.41) is 13.6. The van der Waals surface area contributed by atoms with Crippen LogP contribution in [0.2, 0.25) is 0 Å². The highest BCUT2D eigenvalue weighted by atomic mass is 16.6. The second kappa shape index (κ2) is 6.85. The number of para-hydroxylation sites is 1. The highest BCUT2D eigenvalue weighted by molar-refractivity contribution is 6.05. The van der Waals surface area contributed by atoms with Crippen LogP contribution in [0, 0.1) is 10.1 Å². The van der Waals surface area contributed by atoms with Crippen molar-refractivity contribution in [3.63, 3.8) is 0 Å². The number of anilines is 1. The van der Waals surface area contributed by atoms with Crippen LogP contribution in [-0.2, 0) is 0 Å². The number of nitro benzene ring substituents is 1. The lowest BCUT2D eigenvalue weighted by Crippen LogP contribution is -2.14. The fraction of sp³-hybridized carbons (Fsp3) is 0.235. The number of hydrogen-bond acceptors (Lipinski definition) is 3. The van der Waals surface area contributed by atoms with Crippen LogP contribution in [0.25, 0.3) is 0 Å². The van der Waals surface area contributed by atoms with Gasteiger partial charge in [-0.1, -0.05) is 38.1 Å². The Kier molecular flexibility index (Phi) is 4.88. The number of nitro groups is 1. The summed E-state index contributed by atoms with van der Waals surface area (Å²) in [6, 6.07) is 13.3. The molecule has 0 fully saturated rings. The molecule has 1 atom stereocenters. The van der Waals surface area contributed by atoms with E-state index in [-0.39, 0.29) is 17.2 Å². The molecule has 2 rings (SSSR count). The molecule has 2 aromatic rings. The van der Waals surface area contributed by atoms with Gasteiger partial charge in [-0.15, -0.1) is 0 Å². The fourth-order valence-corrected chi connectivity index (χ4v) is 2.22. The van der Waals surface area contributed by atoms with Gasteiger partial charge in [-0.2, -0.15) is 0 Å². The lowest BCUT2D eigenvalue weighted by molar-refractivity contribution is -0.384. The van der Waals surface area contributed by atoms with Crippen LogP contribution in [0.1, 0.15) is 42.1 Å². The van der Waals surface area contributed by atoms with Gasteiger partial charge < -0.3 is 5.32 Å². The van der Waals surface area contributed by atoms with Crippen LogP contribution in [0.5, 0.6) is 0 Å². The quantitative estimate of drug-likeness (QED) is 0.658. The summed E-state index contributed by atoms with van der Waals surface area (Å²) in [6.07, 6.45) is 0.962. The molecule has 22 heavy (non-hydrogen) atoms. The van der Waals surface area contributed by atoms with Crippen molar-refractivity contribution in [1.82, 2.24) is 0 Å². The lowest BCUT2D eigenvalue weighted by atomic mass is 9.97. The van der Waals surface area contributed by atoms with Gasteiger partial charge in [-0.05, 0) is 30.0 Å². The summed E-state index contributed by atoms with van der Waals surface area (Å²) < 4.78 is 0. The average molecular weight is 298 g/mol. The van der Waals surface area contributed by atoms with Gasteiger partial charge in [0.1, 0.15) is 0 Å². The van der Waals surface area contributed by atoms with Crippen molar-refractivity contribution >= 4 is 17.3 Å². The summed E-state index contributed by atoms with van der Waals surface area (Å²) >= 11 is 0. The zero-order valence-corrected chi connectivity index (χ0v) is 12.6. The molecule has 0 aliphatic carbocycles. The standard InChI is InChI=1S/C17H18N2O3/c1-3-12(2)15-9-4-5-10-16(15)18-17(20)13-7-6-8-14(11-13)19(21)22/h4-12H,3H2,1-2H3,(H,18,20)/t12-/m0/s1. The molecule has 5 nitrogen and oxygen atoms in total. The normalized spacial score (nSPS) is 11.7. The topological polar surface area (TPSA) is 72.2 Å². The van der Waals surface area contributed by atoms with Gasteiger partial charge in [0.2, 0.25) is 0 Å². The number of nitrogens with one attached hydrogen (secondary N) is 1. The first-order chi connectivity index (χ1) is 10.5. The van der Waals surface area contributed by atoms with Crippen LogP contribution in [-0.4, -0.2) is 10.8 Å². The maximum Gasteiger partial charge on any atom is 0.270 e. The van der Waals surface area contributed by atoms with Gasteiger partial charge in [0.25, 0.3) is 11.6 Å². The lowest BCUT2D eigenvalue weighted by Gasteiger charge is -2.15. The van der Waals surface area contributed by atoms with Gasteiger partial charge in [-0.3, -0.25) is 14.9 Å². The third-order valence-corrected chi connectivity index (χ3v) is 3.67. The van der Waals surface area contributed by atoms with E-state index in [4.69, 9.17) is 0 Å². The molecule has 1 amide bonds. The van der Waals surface area contributed by atoms with Crippen molar-refractivity contribution in [3.05, 3.63) is 69.8 Å². The first-order valence-corrected chi connectivity index (χ1v) is 7.17. The maximum atomic E-state index is 12.3.